The standard InChI is InChI=1S/C12H16BrNO2/c1-8-5-9(2)7-14(6-8)12(15)10-3-4-11(13)16-10/h3-4,8-9H,5-7H2,1-2H3/t8-,9-/m0/s1. The van der Waals surface area contributed by atoms with Gasteiger partial charge in [-0.1, -0.05) is 13.8 Å². The van der Waals surface area contributed by atoms with Gasteiger partial charge in [0.05, 0.1) is 0 Å². The molecular formula is C12H16BrNO2. The quantitative estimate of drug-likeness (QED) is 0.794. The van der Waals surface area contributed by atoms with E-state index in [9.17, 15) is 4.79 Å². The van der Waals surface area contributed by atoms with Crippen LogP contribution in [0.3, 0.4) is 0 Å². The van der Waals surface area contributed by atoms with E-state index in [-0.39, 0.29) is 5.91 Å². The molecule has 0 N–H and O–H groups in total. The highest BCUT2D eigenvalue weighted by atomic mass is 79.9. The van der Waals surface area contributed by atoms with E-state index in [1.807, 2.05) is 4.90 Å². The second-order valence-electron chi connectivity index (χ2n) is 4.76. The number of hydrogen-bond donors (Lipinski definition) is 0. The Labute approximate surface area is 104 Å². The van der Waals surface area contributed by atoms with Gasteiger partial charge in [0.1, 0.15) is 0 Å². The summed E-state index contributed by atoms with van der Waals surface area (Å²) in [6.07, 6.45) is 1.20. The van der Waals surface area contributed by atoms with Crippen LogP contribution in [-0.4, -0.2) is 23.9 Å². The van der Waals surface area contributed by atoms with Gasteiger partial charge in [-0.2, -0.15) is 0 Å². The van der Waals surface area contributed by atoms with Gasteiger partial charge >= 0.3 is 0 Å². The van der Waals surface area contributed by atoms with E-state index in [0.29, 0.717) is 22.3 Å². The number of carbonyl (C=O) groups is 1. The normalized spacial score (nSPS) is 25.8. The van der Waals surface area contributed by atoms with Gasteiger partial charge in [-0.15, -0.1) is 0 Å². The highest BCUT2D eigenvalue weighted by Gasteiger charge is 2.27. The minimum absolute atomic E-state index is 0.00380. The van der Waals surface area contributed by atoms with Crippen LogP contribution in [0.2, 0.25) is 0 Å². The molecule has 1 aromatic rings. The molecule has 0 aliphatic carbocycles. The van der Waals surface area contributed by atoms with Crippen molar-refractivity contribution in [3.05, 3.63) is 22.6 Å². The maximum absolute atomic E-state index is 12.1. The number of hydrogen-bond acceptors (Lipinski definition) is 2. The average molecular weight is 286 g/mol. The monoisotopic (exact) mass is 285 g/mol. The summed E-state index contributed by atoms with van der Waals surface area (Å²) in [6.45, 7) is 6.05. The first-order valence-corrected chi connectivity index (χ1v) is 6.40. The summed E-state index contributed by atoms with van der Waals surface area (Å²) in [5, 5.41) is 0. The minimum atomic E-state index is 0.00380. The Hall–Kier alpha value is -0.770. The van der Waals surface area contributed by atoms with Crippen LogP contribution in [0.25, 0.3) is 0 Å². The van der Waals surface area contributed by atoms with E-state index in [0.717, 1.165) is 13.1 Å². The van der Waals surface area contributed by atoms with Crippen molar-refractivity contribution in [3.8, 4) is 0 Å². The van der Waals surface area contributed by atoms with E-state index in [2.05, 4.69) is 29.8 Å². The first kappa shape index (κ1) is 11.7. The van der Waals surface area contributed by atoms with Gasteiger partial charge in [0.2, 0.25) is 0 Å². The summed E-state index contributed by atoms with van der Waals surface area (Å²) in [5.74, 6) is 1.58. The van der Waals surface area contributed by atoms with Gasteiger partial charge < -0.3 is 9.32 Å². The van der Waals surface area contributed by atoms with Gasteiger partial charge in [0.15, 0.2) is 10.4 Å². The lowest BCUT2D eigenvalue weighted by Gasteiger charge is -2.34. The Bertz CT molecular complexity index is 378. The number of nitrogens with zero attached hydrogens (tertiary/aromatic N) is 1. The third-order valence-corrected chi connectivity index (χ3v) is 3.37. The molecule has 0 radical (unpaired) electrons. The molecule has 0 bridgehead atoms. The Balaban J connectivity index is 2.09. The van der Waals surface area contributed by atoms with E-state index < -0.39 is 0 Å². The van der Waals surface area contributed by atoms with Crippen molar-refractivity contribution in [2.24, 2.45) is 11.8 Å². The molecule has 0 aromatic carbocycles. The van der Waals surface area contributed by atoms with Crippen LogP contribution in [0.5, 0.6) is 0 Å². The summed E-state index contributed by atoms with van der Waals surface area (Å²) < 4.78 is 5.90. The highest BCUT2D eigenvalue weighted by molar-refractivity contribution is 9.10. The molecular weight excluding hydrogens is 270 g/mol. The molecule has 3 nitrogen and oxygen atoms in total. The van der Waals surface area contributed by atoms with Crippen LogP contribution in [0.1, 0.15) is 30.8 Å². The maximum atomic E-state index is 12.1. The molecule has 1 amide bonds. The molecule has 2 heterocycles. The fraction of sp³-hybridized carbons (Fsp3) is 0.583. The summed E-state index contributed by atoms with van der Waals surface area (Å²) in [7, 11) is 0. The number of piperidine rings is 1. The molecule has 1 aliphatic heterocycles. The van der Waals surface area contributed by atoms with Crippen LogP contribution in [-0.2, 0) is 0 Å². The zero-order chi connectivity index (χ0) is 11.7. The zero-order valence-corrected chi connectivity index (χ0v) is 11.2. The third-order valence-electron chi connectivity index (χ3n) is 2.94. The molecule has 2 atom stereocenters. The topological polar surface area (TPSA) is 33.5 Å². The first-order chi connectivity index (χ1) is 7.56. The minimum Gasteiger partial charge on any atom is -0.444 e. The van der Waals surface area contributed by atoms with Crippen molar-refractivity contribution in [1.29, 1.82) is 0 Å². The van der Waals surface area contributed by atoms with Gasteiger partial charge in [-0.25, -0.2) is 0 Å². The number of amides is 1. The molecule has 2 rings (SSSR count). The fourth-order valence-corrected chi connectivity index (χ4v) is 2.72. The number of carbonyl (C=O) groups excluding carboxylic acids is 1. The summed E-state index contributed by atoms with van der Waals surface area (Å²) in [4.78, 5) is 14.0. The molecule has 0 spiro atoms. The zero-order valence-electron chi connectivity index (χ0n) is 9.57. The van der Waals surface area contributed by atoms with Gasteiger partial charge in [-0.05, 0) is 46.3 Å². The Morgan fingerprint density at radius 1 is 1.38 bits per heavy atom. The van der Waals surface area contributed by atoms with E-state index in [4.69, 9.17) is 4.42 Å². The molecule has 88 valence electrons. The highest BCUT2D eigenvalue weighted by Crippen LogP contribution is 2.23. The Kier molecular flexibility index (Phi) is 3.38. The predicted octanol–water partition coefficient (Wildman–Crippen LogP) is 3.16. The second kappa shape index (κ2) is 4.62. The van der Waals surface area contributed by atoms with Crippen molar-refractivity contribution in [1.82, 2.24) is 4.90 Å². The average Bonchev–Trinajstić information content (AvgIpc) is 2.62. The third kappa shape index (κ3) is 2.48. The number of halogens is 1. The van der Waals surface area contributed by atoms with Crippen LogP contribution < -0.4 is 0 Å². The first-order valence-electron chi connectivity index (χ1n) is 5.61. The summed E-state index contributed by atoms with van der Waals surface area (Å²) in [6, 6.07) is 3.47. The largest absolute Gasteiger partial charge is 0.444 e. The predicted molar refractivity (Wildman–Crippen MR) is 65.3 cm³/mol. The number of furan rings is 1. The smallest absolute Gasteiger partial charge is 0.289 e. The van der Waals surface area contributed by atoms with E-state index in [1.54, 1.807) is 12.1 Å². The number of rotatable bonds is 1. The summed E-state index contributed by atoms with van der Waals surface area (Å²) >= 11 is 3.21. The molecule has 1 aliphatic rings. The molecule has 1 aromatic heterocycles. The van der Waals surface area contributed by atoms with Crippen molar-refractivity contribution in [3.63, 3.8) is 0 Å². The Morgan fingerprint density at radius 3 is 2.50 bits per heavy atom. The van der Waals surface area contributed by atoms with Crippen LogP contribution >= 0.6 is 15.9 Å². The maximum Gasteiger partial charge on any atom is 0.289 e. The lowest BCUT2D eigenvalue weighted by Crippen LogP contribution is -2.42. The van der Waals surface area contributed by atoms with E-state index in [1.165, 1.54) is 6.42 Å². The van der Waals surface area contributed by atoms with Gasteiger partial charge in [0, 0.05) is 13.1 Å². The molecule has 4 heteroatoms. The van der Waals surface area contributed by atoms with Gasteiger partial charge in [0.25, 0.3) is 5.91 Å². The molecule has 1 fully saturated rings. The number of likely N-dealkylation sites (tertiary alicyclic amines) is 1. The van der Waals surface area contributed by atoms with Crippen molar-refractivity contribution >= 4 is 21.8 Å². The van der Waals surface area contributed by atoms with Crippen LogP contribution in [0.4, 0.5) is 0 Å². The lowest BCUT2D eigenvalue weighted by molar-refractivity contribution is 0.0590. The summed E-state index contributed by atoms with van der Waals surface area (Å²) in [5.41, 5.74) is 0. The molecule has 0 unspecified atom stereocenters. The lowest BCUT2D eigenvalue weighted by atomic mass is 9.92. The van der Waals surface area contributed by atoms with Gasteiger partial charge in [-0.3, -0.25) is 4.79 Å². The Morgan fingerprint density at radius 2 is 2.00 bits per heavy atom. The molecule has 1 saturated heterocycles. The molecule has 0 saturated carbocycles. The fourth-order valence-electron chi connectivity index (χ4n) is 2.41. The van der Waals surface area contributed by atoms with Crippen molar-refractivity contribution in [2.45, 2.75) is 20.3 Å². The second-order valence-corrected chi connectivity index (χ2v) is 5.54. The van der Waals surface area contributed by atoms with Crippen LogP contribution in [0.15, 0.2) is 21.2 Å². The van der Waals surface area contributed by atoms with Crippen molar-refractivity contribution < 1.29 is 9.21 Å². The van der Waals surface area contributed by atoms with Crippen LogP contribution in [0, 0.1) is 11.8 Å². The SMILES string of the molecule is C[C@H]1C[C@H](C)CN(C(=O)c2ccc(Br)o2)C1. The molecule has 16 heavy (non-hydrogen) atoms. The van der Waals surface area contributed by atoms with E-state index >= 15 is 0 Å². The van der Waals surface area contributed by atoms with Crippen molar-refractivity contribution in [2.75, 3.05) is 13.1 Å².